The van der Waals surface area contributed by atoms with Gasteiger partial charge in [0, 0.05) is 6.54 Å². The minimum atomic E-state index is -3.69. The summed E-state index contributed by atoms with van der Waals surface area (Å²) in [6, 6.07) is 4.19. The summed E-state index contributed by atoms with van der Waals surface area (Å²) in [6.45, 7) is 7.59. The van der Waals surface area contributed by atoms with Gasteiger partial charge in [0.05, 0.1) is 23.8 Å². The molecule has 0 atom stereocenters. The molecule has 0 fully saturated rings. The number of carbonyl (C=O) groups excluding carboxylic acids is 1. The molecule has 0 spiro atoms. The van der Waals surface area contributed by atoms with Crippen LogP contribution in [0.25, 0.3) is 0 Å². The van der Waals surface area contributed by atoms with E-state index < -0.39 is 16.1 Å². The number of rotatable bonds is 8. The van der Waals surface area contributed by atoms with Crippen LogP contribution in [0, 0.1) is 0 Å². The average molecular weight is 328 g/mol. The molecule has 0 aromatic heterocycles. The molecule has 0 aliphatic rings. The predicted molar refractivity (Wildman–Crippen MR) is 83.6 cm³/mol. The van der Waals surface area contributed by atoms with E-state index >= 15 is 0 Å². The van der Waals surface area contributed by atoms with Crippen LogP contribution in [0.2, 0.25) is 0 Å². The van der Waals surface area contributed by atoms with E-state index in [-0.39, 0.29) is 23.7 Å². The molecule has 0 aliphatic carbocycles. The average Bonchev–Trinajstić information content (AvgIpc) is 2.47. The van der Waals surface area contributed by atoms with Crippen LogP contribution >= 0.6 is 0 Å². The molecule has 0 bridgehead atoms. The highest BCUT2D eigenvalue weighted by molar-refractivity contribution is 7.89. The van der Waals surface area contributed by atoms with Crippen molar-refractivity contribution < 1.29 is 22.7 Å². The third-order valence-corrected chi connectivity index (χ3v) is 3.91. The molecule has 22 heavy (non-hydrogen) atoms. The third-order valence-electron chi connectivity index (χ3n) is 2.49. The Kier molecular flexibility index (Phi) is 6.87. The highest BCUT2D eigenvalue weighted by Crippen LogP contribution is 2.28. The van der Waals surface area contributed by atoms with Crippen molar-refractivity contribution in [1.29, 1.82) is 0 Å². The van der Waals surface area contributed by atoms with Crippen LogP contribution < -0.4 is 14.8 Å². The fourth-order valence-electron chi connectivity index (χ4n) is 1.58. The van der Waals surface area contributed by atoms with Gasteiger partial charge in [-0.25, -0.2) is 17.9 Å². The lowest BCUT2D eigenvalue weighted by atomic mass is 10.3. The fourth-order valence-corrected chi connectivity index (χ4v) is 2.61. The topological polar surface area (TPSA) is 93.7 Å². The molecular formula is C14H20N2O5S. The summed E-state index contributed by atoms with van der Waals surface area (Å²) in [7, 11) is -3.69. The lowest BCUT2D eigenvalue weighted by Crippen LogP contribution is -2.24. The standard InChI is InChI=1S/C14H20N2O5S/c1-4-9-15-22(18,19)11-7-8-13(20-5-2)12(10-11)16-14(17)21-6-3/h4,7-8,10,15H,1,5-6,9H2,2-3H3,(H,16,17). The number of hydrogen-bond donors (Lipinski definition) is 2. The monoisotopic (exact) mass is 328 g/mol. The highest BCUT2D eigenvalue weighted by atomic mass is 32.2. The van der Waals surface area contributed by atoms with Crippen molar-refractivity contribution in [3.63, 3.8) is 0 Å². The van der Waals surface area contributed by atoms with Crippen molar-refractivity contribution >= 4 is 21.8 Å². The first-order chi connectivity index (χ1) is 10.4. The molecule has 0 aliphatic heterocycles. The largest absolute Gasteiger partial charge is 0.492 e. The van der Waals surface area contributed by atoms with Gasteiger partial charge >= 0.3 is 6.09 Å². The minimum Gasteiger partial charge on any atom is -0.492 e. The van der Waals surface area contributed by atoms with Crippen LogP contribution in [0.3, 0.4) is 0 Å². The summed E-state index contributed by atoms with van der Waals surface area (Å²) in [4.78, 5) is 11.5. The molecule has 8 heteroatoms. The second kappa shape index (κ2) is 8.40. The Hall–Kier alpha value is -2.06. The summed E-state index contributed by atoms with van der Waals surface area (Å²) < 4.78 is 36.7. The Bertz CT molecular complexity index is 628. The van der Waals surface area contributed by atoms with Crippen LogP contribution in [0.4, 0.5) is 10.5 Å². The smallest absolute Gasteiger partial charge is 0.411 e. The fraction of sp³-hybridized carbons (Fsp3) is 0.357. The van der Waals surface area contributed by atoms with Crippen molar-refractivity contribution in [2.45, 2.75) is 18.7 Å². The molecule has 0 unspecified atom stereocenters. The number of anilines is 1. The molecule has 1 rings (SSSR count). The van der Waals surface area contributed by atoms with Crippen LogP contribution in [-0.2, 0) is 14.8 Å². The van der Waals surface area contributed by atoms with Crippen LogP contribution in [0.15, 0.2) is 35.7 Å². The van der Waals surface area contributed by atoms with Gasteiger partial charge in [-0.1, -0.05) is 6.08 Å². The normalized spacial score (nSPS) is 10.8. The zero-order valence-corrected chi connectivity index (χ0v) is 13.4. The van der Waals surface area contributed by atoms with Gasteiger partial charge in [-0.15, -0.1) is 6.58 Å². The van der Waals surface area contributed by atoms with Crippen molar-refractivity contribution in [1.82, 2.24) is 4.72 Å². The second-order valence-corrected chi connectivity index (χ2v) is 5.84. The van der Waals surface area contributed by atoms with E-state index in [1.807, 2.05) is 0 Å². The molecule has 0 saturated heterocycles. The van der Waals surface area contributed by atoms with E-state index in [9.17, 15) is 13.2 Å². The van der Waals surface area contributed by atoms with Gasteiger partial charge in [-0.2, -0.15) is 0 Å². The maximum absolute atomic E-state index is 12.1. The maximum Gasteiger partial charge on any atom is 0.411 e. The van der Waals surface area contributed by atoms with E-state index in [0.717, 1.165) is 0 Å². The number of hydrogen-bond acceptors (Lipinski definition) is 5. The van der Waals surface area contributed by atoms with E-state index in [4.69, 9.17) is 9.47 Å². The second-order valence-electron chi connectivity index (χ2n) is 4.08. The number of benzene rings is 1. The molecular weight excluding hydrogens is 308 g/mol. The molecule has 0 heterocycles. The Labute approximate surface area is 130 Å². The van der Waals surface area contributed by atoms with Crippen molar-refractivity contribution in [3.05, 3.63) is 30.9 Å². The number of nitrogens with one attached hydrogen (secondary N) is 2. The molecule has 0 saturated carbocycles. The van der Waals surface area contributed by atoms with Gasteiger partial charge < -0.3 is 9.47 Å². The molecule has 1 amide bonds. The first-order valence-corrected chi connectivity index (χ1v) is 8.24. The highest BCUT2D eigenvalue weighted by Gasteiger charge is 2.17. The summed E-state index contributed by atoms with van der Waals surface area (Å²) in [5.74, 6) is 0.359. The third kappa shape index (κ3) is 5.05. The number of sulfonamides is 1. The van der Waals surface area contributed by atoms with Gasteiger partial charge in [-0.3, -0.25) is 5.32 Å². The number of amides is 1. The van der Waals surface area contributed by atoms with Gasteiger partial charge in [0.25, 0.3) is 0 Å². The zero-order chi connectivity index (χ0) is 16.6. The summed E-state index contributed by atoms with van der Waals surface area (Å²) in [5.41, 5.74) is 0.224. The Morgan fingerprint density at radius 1 is 1.32 bits per heavy atom. The predicted octanol–water partition coefficient (Wildman–Crippen LogP) is 2.12. The number of carbonyl (C=O) groups is 1. The number of ether oxygens (including phenoxy) is 2. The Balaban J connectivity index is 3.12. The van der Waals surface area contributed by atoms with E-state index in [0.29, 0.717) is 12.4 Å². The van der Waals surface area contributed by atoms with E-state index in [1.165, 1.54) is 24.3 Å². The van der Waals surface area contributed by atoms with Crippen LogP contribution in [0.1, 0.15) is 13.8 Å². The lowest BCUT2D eigenvalue weighted by Gasteiger charge is -2.13. The van der Waals surface area contributed by atoms with Gasteiger partial charge in [-0.05, 0) is 32.0 Å². The Morgan fingerprint density at radius 2 is 2.05 bits per heavy atom. The molecule has 1 aromatic rings. The maximum atomic E-state index is 12.1. The van der Waals surface area contributed by atoms with Crippen LogP contribution in [-0.4, -0.2) is 34.3 Å². The van der Waals surface area contributed by atoms with Crippen molar-refractivity contribution in [3.8, 4) is 5.75 Å². The zero-order valence-electron chi connectivity index (χ0n) is 12.6. The van der Waals surface area contributed by atoms with E-state index in [1.54, 1.807) is 13.8 Å². The quantitative estimate of drug-likeness (QED) is 0.713. The van der Waals surface area contributed by atoms with Crippen LogP contribution in [0.5, 0.6) is 5.75 Å². The molecule has 122 valence electrons. The SMILES string of the molecule is C=CCNS(=O)(=O)c1ccc(OCC)c(NC(=O)OCC)c1. The van der Waals surface area contributed by atoms with Gasteiger partial charge in [0.1, 0.15) is 5.75 Å². The molecule has 1 aromatic carbocycles. The van der Waals surface area contributed by atoms with Crippen molar-refractivity contribution in [2.75, 3.05) is 25.1 Å². The first kappa shape index (κ1) is 18.0. The van der Waals surface area contributed by atoms with Gasteiger partial charge in [0.2, 0.25) is 10.0 Å². The molecule has 0 radical (unpaired) electrons. The lowest BCUT2D eigenvalue weighted by molar-refractivity contribution is 0.167. The molecule has 7 nitrogen and oxygen atoms in total. The summed E-state index contributed by atoms with van der Waals surface area (Å²) in [5, 5.41) is 2.47. The minimum absolute atomic E-state index is 0.00426. The summed E-state index contributed by atoms with van der Waals surface area (Å²) >= 11 is 0. The Morgan fingerprint density at radius 3 is 2.64 bits per heavy atom. The molecule has 2 N–H and O–H groups in total. The first-order valence-electron chi connectivity index (χ1n) is 6.75. The summed E-state index contributed by atoms with van der Waals surface area (Å²) in [6.07, 6.45) is 0.751. The van der Waals surface area contributed by atoms with E-state index in [2.05, 4.69) is 16.6 Å². The van der Waals surface area contributed by atoms with Crippen molar-refractivity contribution in [2.24, 2.45) is 0 Å². The van der Waals surface area contributed by atoms with Gasteiger partial charge in [0.15, 0.2) is 0 Å².